The molecule has 0 spiro atoms. The molecule has 1 fully saturated rings. The Morgan fingerprint density at radius 3 is 2.77 bits per heavy atom. The Morgan fingerprint density at radius 1 is 1.36 bits per heavy atom. The second kappa shape index (κ2) is 9.54. The van der Waals surface area contributed by atoms with Crippen molar-refractivity contribution in [2.75, 3.05) is 20.3 Å². The maximum absolute atomic E-state index is 12.0. The van der Waals surface area contributed by atoms with E-state index in [1.54, 1.807) is 7.11 Å². The summed E-state index contributed by atoms with van der Waals surface area (Å²) in [4.78, 5) is 12.0. The molecule has 0 radical (unpaired) electrons. The van der Waals surface area contributed by atoms with E-state index >= 15 is 0 Å². The Morgan fingerprint density at radius 2 is 2.09 bits per heavy atom. The van der Waals surface area contributed by atoms with Gasteiger partial charge in [-0.05, 0) is 38.4 Å². The summed E-state index contributed by atoms with van der Waals surface area (Å²) in [5.41, 5.74) is 0. The van der Waals surface area contributed by atoms with Crippen molar-refractivity contribution >= 4 is 18.3 Å². The van der Waals surface area contributed by atoms with Crippen LogP contribution >= 0.6 is 12.4 Å². The number of benzene rings is 1. The van der Waals surface area contributed by atoms with Gasteiger partial charge in [-0.1, -0.05) is 12.1 Å². The monoisotopic (exact) mass is 328 g/mol. The van der Waals surface area contributed by atoms with Crippen molar-refractivity contribution in [3.63, 3.8) is 0 Å². The number of piperidine rings is 1. The summed E-state index contributed by atoms with van der Waals surface area (Å²) in [6.07, 6.45) is 2.49. The number of hydrogen-bond donors (Lipinski definition) is 2. The van der Waals surface area contributed by atoms with Crippen LogP contribution in [0.15, 0.2) is 24.3 Å². The minimum absolute atomic E-state index is 0. The van der Waals surface area contributed by atoms with Gasteiger partial charge in [-0.3, -0.25) is 4.79 Å². The van der Waals surface area contributed by atoms with Crippen LogP contribution in [-0.2, 0) is 4.79 Å². The molecule has 2 unspecified atom stereocenters. The molecule has 0 aliphatic carbocycles. The molecule has 1 aliphatic heterocycles. The number of amides is 1. The van der Waals surface area contributed by atoms with Crippen LogP contribution in [0, 0.1) is 0 Å². The Kier molecular flexibility index (Phi) is 8.06. The Labute approximate surface area is 138 Å². The number of halogens is 1. The van der Waals surface area contributed by atoms with Crippen molar-refractivity contribution in [2.24, 2.45) is 0 Å². The Hall–Kier alpha value is -1.46. The van der Waals surface area contributed by atoms with Gasteiger partial charge < -0.3 is 20.1 Å². The van der Waals surface area contributed by atoms with Crippen LogP contribution < -0.4 is 20.1 Å². The van der Waals surface area contributed by atoms with Crippen molar-refractivity contribution in [1.82, 2.24) is 10.6 Å². The SMILES string of the molecule is COc1ccccc1OCCC(=O)NC1CCCNC1C.Cl. The summed E-state index contributed by atoms with van der Waals surface area (Å²) in [6, 6.07) is 7.99. The molecule has 2 rings (SSSR count). The first-order valence-corrected chi connectivity index (χ1v) is 7.49. The van der Waals surface area contributed by atoms with Gasteiger partial charge in [0, 0.05) is 12.1 Å². The first-order valence-electron chi connectivity index (χ1n) is 7.49. The quantitative estimate of drug-likeness (QED) is 0.840. The average molecular weight is 329 g/mol. The predicted molar refractivity (Wildman–Crippen MR) is 89.0 cm³/mol. The van der Waals surface area contributed by atoms with Gasteiger partial charge in [-0.25, -0.2) is 0 Å². The van der Waals surface area contributed by atoms with Gasteiger partial charge in [0.05, 0.1) is 20.1 Å². The minimum Gasteiger partial charge on any atom is -0.493 e. The van der Waals surface area contributed by atoms with Gasteiger partial charge in [0.2, 0.25) is 5.91 Å². The molecule has 0 saturated carbocycles. The van der Waals surface area contributed by atoms with Crippen LogP contribution in [0.25, 0.3) is 0 Å². The molecule has 0 aromatic heterocycles. The van der Waals surface area contributed by atoms with Crippen LogP contribution in [0.1, 0.15) is 26.2 Å². The fourth-order valence-electron chi connectivity index (χ4n) is 2.51. The molecule has 0 bridgehead atoms. The van der Waals surface area contributed by atoms with E-state index in [2.05, 4.69) is 17.6 Å². The maximum Gasteiger partial charge on any atom is 0.223 e. The topological polar surface area (TPSA) is 59.6 Å². The summed E-state index contributed by atoms with van der Waals surface area (Å²) < 4.78 is 10.8. The molecule has 124 valence electrons. The van der Waals surface area contributed by atoms with Gasteiger partial charge in [0.1, 0.15) is 0 Å². The van der Waals surface area contributed by atoms with Gasteiger partial charge >= 0.3 is 0 Å². The molecule has 2 N–H and O–H groups in total. The number of nitrogens with one attached hydrogen (secondary N) is 2. The maximum atomic E-state index is 12.0. The third kappa shape index (κ3) is 5.39. The largest absolute Gasteiger partial charge is 0.493 e. The molecule has 1 amide bonds. The fraction of sp³-hybridized carbons (Fsp3) is 0.562. The standard InChI is InChI=1S/C16H24N2O3.ClH/c1-12-13(6-5-10-17-12)18-16(19)9-11-21-15-8-4-3-7-14(15)20-2;/h3-4,7-8,12-13,17H,5-6,9-11H2,1-2H3,(H,18,19);1H. The first-order chi connectivity index (χ1) is 10.2. The van der Waals surface area contributed by atoms with E-state index < -0.39 is 0 Å². The normalized spacial score (nSPS) is 20.6. The van der Waals surface area contributed by atoms with Crippen LogP contribution in [0.4, 0.5) is 0 Å². The van der Waals surface area contributed by atoms with Gasteiger partial charge in [0.15, 0.2) is 11.5 Å². The molecule has 1 aliphatic rings. The fourth-order valence-corrected chi connectivity index (χ4v) is 2.51. The Balaban J connectivity index is 0.00000242. The van der Waals surface area contributed by atoms with Crippen molar-refractivity contribution < 1.29 is 14.3 Å². The lowest BCUT2D eigenvalue weighted by Gasteiger charge is -2.30. The van der Waals surface area contributed by atoms with E-state index in [4.69, 9.17) is 9.47 Å². The molecule has 1 aromatic carbocycles. The summed E-state index contributed by atoms with van der Waals surface area (Å²) in [7, 11) is 1.60. The average Bonchev–Trinajstić information content (AvgIpc) is 2.50. The predicted octanol–water partition coefficient (Wildman–Crippen LogP) is 2.14. The summed E-state index contributed by atoms with van der Waals surface area (Å²) in [5, 5.41) is 6.44. The molecule has 2 atom stereocenters. The van der Waals surface area contributed by atoms with Gasteiger partial charge in [-0.2, -0.15) is 0 Å². The number of ether oxygens (including phenoxy) is 2. The van der Waals surface area contributed by atoms with E-state index in [-0.39, 0.29) is 24.4 Å². The summed E-state index contributed by atoms with van der Waals surface area (Å²) in [6.45, 7) is 3.49. The first kappa shape index (κ1) is 18.6. The highest BCUT2D eigenvalue weighted by atomic mass is 35.5. The highest BCUT2D eigenvalue weighted by Gasteiger charge is 2.22. The van der Waals surface area contributed by atoms with E-state index in [0.29, 0.717) is 30.6 Å². The number of para-hydroxylation sites is 2. The zero-order valence-electron chi connectivity index (χ0n) is 13.1. The van der Waals surface area contributed by atoms with Crippen LogP contribution in [0.5, 0.6) is 11.5 Å². The molecule has 6 heteroatoms. The van der Waals surface area contributed by atoms with Gasteiger partial charge in [0.25, 0.3) is 0 Å². The zero-order chi connectivity index (χ0) is 15.1. The van der Waals surface area contributed by atoms with E-state index in [0.717, 1.165) is 19.4 Å². The van der Waals surface area contributed by atoms with Gasteiger partial charge in [-0.15, -0.1) is 12.4 Å². The molecular weight excluding hydrogens is 304 g/mol. The second-order valence-electron chi connectivity index (χ2n) is 5.31. The number of carbonyl (C=O) groups is 1. The zero-order valence-corrected chi connectivity index (χ0v) is 13.9. The second-order valence-corrected chi connectivity index (χ2v) is 5.31. The summed E-state index contributed by atoms with van der Waals surface area (Å²) in [5.74, 6) is 1.38. The number of methoxy groups -OCH3 is 1. The smallest absolute Gasteiger partial charge is 0.223 e. The van der Waals surface area contributed by atoms with Crippen LogP contribution in [0.3, 0.4) is 0 Å². The van der Waals surface area contributed by atoms with Crippen molar-refractivity contribution in [3.8, 4) is 11.5 Å². The molecule has 1 heterocycles. The number of carbonyl (C=O) groups excluding carboxylic acids is 1. The van der Waals surface area contributed by atoms with Crippen LogP contribution in [0.2, 0.25) is 0 Å². The lowest BCUT2D eigenvalue weighted by atomic mass is 10.00. The van der Waals surface area contributed by atoms with E-state index in [1.807, 2.05) is 24.3 Å². The van der Waals surface area contributed by atoms with Crippen molar-refractivity contribution in [3.05, 3.63) is 24.3 Å². The lowest BCUT2D eigenvalue weighted by Crippen LogP contribution is -2.52. The third-order valence-electron chi connectivity index (χ3n) is 3.76. The third-order valence-corrected chi connectivity index (χ3v) is 3.76. The summed E-state index contributed by atoms with van der Waals surface area (Å²) >= 11 is 0. The molecule has 1 saturated heterocycles. The molecular formula is C16H25ClN2O3. The van der Waals surface area contributed by atoms with Crippen molar-refractivity contribution in [2.45, 2.75) is 38.3 Å². The molecule has 22 heavy (non-hydrogen) atoms. The Bertz CT molecular complexity index is 470. The number of rotatable bonds is 6. The molecule has 1 aromatic rings. The van der Waals surface area contributed by atoms with E-state index in [1.165, 1.54) is 0 Å². The minimum atomic E-state index is 0. The van der Waals surface area contributed by atoms with E-state index in [9.17, 15) is 4.79 Å². The highest BCUT2D eigenvalue weighted by Crippen LogP contribution is 2.25. The molecule has 5 nitrogen and oxygen atoms in total. The number of hydrogen-bond acceptors (Lipinski definition) is 4. The highest BCUT2D eigenvalue weighted by molar-refractivity contribution is 5.85. The lowest BCUT2D eigenvalue weighted by molar-refractivity contribution is -0.122. The van der Waals surface area contributed by atoms with Crippen LogP contribution in [-0.4, -0.2) is 38.3 Å². The van der Waals surface area contributed by atoms with Crippen molar-refractivity contribution in [1.29, 1.82) is 0 Å².